The Kier molecular flexibility index (Phi) is 8.04. The highest BCUT2D eigenvalue weighted by Crippen LogP contribution is 2.05. The van der Waals surface area contributed by atoms with Crippen molar-refractivity contribution in [1.82, 2.24) is 15.3 Å². The van der Waals surface area contributed by atoms with Crippen LogP contribution in [-0.4, -0.2) is 27.8 Å². The topological polar surface area (TPSA) is 124 Å². The first-order valence-electron chi connectivity index (χ1n) is 7.79. The van der Waals surface area contributed by atoms with E-state index in [4.69, 9.17) is 11.5 Å². The predicted octanol–water partition coefficient (Wildman–Crippen LogP) is 1.25. The van der Waals surface area contributed by atoms with Gasteiger partial charge in [-0.15, -0.1) is 13.2 Å². The molecule has 1 unspecified atom stereocenters. The molecule has 5 N–H and O–H groups in total. The maximum Gasteiger partial charge on any atom is 0.251 e. The maximum atomic E-state index is 12.1. The maximum absolute atomic E-state index is 12.1. The Morgan fingerprint density at radius 3 is 2.15 bits per heavy atom. The number of nitrogen functional groups attached to an aromatic ring is 1. The van der Waals surface area contributed by atoms with Gasteiger partial charge in [0.05, 0.1) is 5.56 Å². The number of nitrogens with one attached hydrogen (secondary N) is 1. The number of nitrogens with two attached hydrogens (primary N) is 2. The van der Waals surface area contributed by atoms with Gasteiger partial charge in [-0.1, -0.05) is 18.8 Å². The lowest BCUT2D eigenvalue weighted by atomic mass is 10.1. The molecule has 1 aromatic carbocycles. The number of aromatic nitrogens is 2. The minimum atomic E-state index is -0.678. The van der Waals surface area contributed by atoms with Crippen LogP contribution in [0.1, 0.15) is 34.8 Å². The number of hydrogen-bond acceptors (Lipinski definition) is 5. The van der Waals surface area contributed by atoms with Gasteiger partial charge in [0.25, 0.3) is 5.91 Å². The van der Waals surface area contributed by atoms with Crippen molar-refractivity contribution in [3.63, 3.8) is 0 Å². The number of amides is 2. The Balaban J connectivity index is 0.00000163. The molecule has 134 valence electrons. The first-order chi connectivity index (χ1) is 12.5. The van der Waals surface area contributed by atoms with Crippen molar-refractivity contribution in [3.8, 4) is 11.8 Å². The molecule has 0 bridgehead atoms. The lowest BCUT2D eigenvalue weighted by Crippen LogP contribution is -2.43. The summed E-state index contributed by atoms with van der Waals surface area (Å²) in [6.07, 6.45) is 3.51. The van der Waals surface area contributed by atoms with Gasteiger partial charge in [0, 0.05) is 23.5 Å². The first kappa shape index (κ1) is 20.4. The van der Waals surface area contributed by atoms with Crippen molar-refractivity contribution in [2.45, 2.75) is 19.4 Å². The van der Waals surface area contributed by atoms with Crippen LogP contribution < -0.4 is 16.8 Å². The molecular formula is C19H21N5O2. The standard InChI is InChI=1S/C17H17N5O2.C2H4/c1-2-14(15(18)23)22-16(24)13-7-5-11(6-8-13)3-4-12-9-20-17(19)21-10-12;1-2/h5-10,14H,2H2,1H3,(H2,18,23)(H,22,24)(H2,19,20,21);1-2H2. The second-order valence-corrected chi connectivity index (χ2v) is 4.99. The molecule has 0 aliphatic carbocycles. The van der Waals surface area contributed by atoms with E-state index in [0.717, 1.165) is 5.56 Å². The summed E-state index contributed by atoms with van der Waals surface area (Å²) in [7, 11) is 0. The summed E-state index contributed by atoms with van der Waals surface area (Å²) in [6.45, 7) is 7.77. The van der Waals surface area contributed by atoms with Crippen LogP contribution in [0.5, 0.6) is 0 Å². The minimum absolute atomic E-state index is 0.192. The molecule has 2 aromatic rings. The van der Waals surface area contributed by atoms with E-state index in [-0.39, 0.29) is 11.9 Å². The van der Waals surface area contributed by atoms with Crippen molar-refractivity contribution >= 4 is 17.8 Å². The van der Waals surface area contributed by atoms with Crippen molar-refractivity contribution in [2.24, 2.45) is 5.73 Å². The van der Waals surface area contributed by atoms with Crippen LogP contribution in [-0.2, 0) is 4.79 Å². The molecule has 0 radical (unpaired) electrons. The zero-order valence-corrected chi connectivity index (χ0v) is 14.5. The molecule has 0 fully saturated rings. The van der Waals surface area contributed by atoms with E-state index in [0.29, 0.717) is 17.5 Å². The Hall–Kier alpha value is -3.66. The van der Waals surface area contributed by atoms with Gasteiger partial charge in [-0.25, -0.2) is 9.97 Å². The van der Waals surface area contributed by atoms with Gasteiger partial charge < -0.3 is 16.8 Å². The van der Waals surface area contributed by atoms with Crippen molar-refractivity contribution < 1.29 is 9.59 Å². The highest BCUT2D eigenvalue weighted by Gasteiger charge is 2.16. The van der Waals surface area contributed by atoms with Crippen LogP contribution in [0, 0.1) is 11.8 Å². The van der Waals surface area contributed by atoms with Gasteiger partial charge in [0.2, 0.25) is 11.9 Å². The number of primary amides is 1. The second-order valence-electron chi connectivity index (χ2n) is 4.99. The van der Waals surface area contributed by atoms with Crippen LogP contribution in [0.4, 0.5) is 5.95 Å². The van der Waals surface area contributed by atoms with Gasteiger partial charge in [-0.3, -0.25) is 9.59 Å². The van der Waals surface area contributed by atoms with Crippen LogP contribution in [0.15, 0.2) is 49.8 Å². The van der Waals surface area contributed by atoms with Crippen LogP contribution in [0.2, 0.25) is 0 Å². The highest BCUT2D eigenvalue weighted by atomic mass is 16.2. The summed E-state index contributed by atoms with van der Waals surface area (Å²) in [5.74, 6) is 5.12. The number of carbonyl (C=O) groups is 2. The molecule has 7 nitrogen and oxygen atoms in total. The predicted molar refractivity (Wildman–Crippen MR) is 101 cm³/mol. The third kappa shape index (κ3) is 6.09. The highest BCUT2D eigenvalue weighted by molar-refractivity contribution is 5.97. The Morgan fingerprint density at radius 1 is 1.12 bits per heavy atom. The number of rotatable bonds is 4. The molecule has 0 aliphatic rings. The average molecular weight is 351 g/mol. The SMILES string of the molecule is C=C.CCC(NC(=O)c1ccc(C#Cc2cnc(N)nc2)cc1)C(N)=O. The van der Waals surface area contributed by atoms with Crippen LogP contribution >= 0.6 is 0 Å². The monoisotopic (exact) mass is 351 g/mol. The summed E-state index contributed by atoms with van der Waals surface area (Å²) in [5.41, 5.74) is 12.4. The molecular weight excluding hydrogens is 330 g/mol. The molecule has 2 amide bonds. The molecule has 0 saturated heterocycles. The summed E-state index contributed by atoms with van der Waals surface area (Å²) in [4.78, 5) is 30.9. The lowest BCUT2D eigenvalue weighted by molar-refractivity contribution is -0.119. The summed E-state index contributed by atoms with van der Waals surface area (Å²) in [5, 5.41) is 2.59. The molecule has 2 rings (SSSR count). The fourth-order valence-corrected chi connectivity index (χ4v) is 1.87. The van der Waals surface area contributed by atoms with E-state index < -0.39 is 11.9 Å². The van der Waals surface area contributed by atoms with Gasteiger partial charge in [-0.2, -0.15) is 0 Å². The number of anilines is 1. The van der Waals surface area contributed by atoms with E-state index in [1.807, 2.05) is 0 Å². The molecule has 0 spiro atoms. The quantitative estimate of drug-likeness (QED) is 0.565. The average Bonchev–Trinajstić information content (AvgIpc) is 2.67. The number of nitrogens with zero attached hydrogens (tertiary/aromatic N) is 2. The van der Waals surface area contributed by atoms with E-state index in [9.17, 15) is 9.59 Å². The second kappa shape index (κ2) is 10.3. The molecule has 0 aliphatic heterocycles. The zero-order valence-electron chi connectivity index (χ0n) is 14.5. The minimum Gasteiger partial charge on any atom is -0.368 e. The van der Waals surface area contributed by atoms with Crippen molar-refractivity contribution in [1.29, 1.82) is 0 Å². The Bertz CT molecular complexity index is 805. The number of carbonyl (C=O) groups excluding carboxylic acids is 2. The zero-order chi connectivity index (χ0) is 19.5. The van der Waals surface area contributed by atoms with Gasteiger partial charge in [0.15, 0.2) is 0 Å². The third-order valence-electron chi connectivity index (χ3n) is 3.23. The number of benzene rings is 1. The molecule has 1 atom stereocenters. The number of hydrogen-bond donors (Lipinski definition) is 3. The first-order valence-corrected chi connectivity index (χ1v) is 7.79. The molecule has 7 heteroatoms. The van der Waals surface area contributed by atoms with Gasteiger partial charge in [0.1, 0.15) is 6.04 Å². The third-order valence-corrected chi connectivity index (χ3v) is 3.23. The molecule has 1 heterocycles. The smallest absolute Gasteiger partial charge is 0.251 e. The largest absolute Gasteiger partial charge is 0.368 e. The van der Waals surface area contributed by atoms with E-state index in [1.165, 1.54) is 12.4 Å². The van der Waals surface area contributed by atoms with Crippen molar-refractivity contribution in [2.75, 3.05) is 5.73 Å². The lowest BCUT2D eigenvalue weighted by Gasteiger charge is -2.13. The van der Waals surface area contributed by atoms with E-state index in [1.54, 1.807) is 31.2 Å². The van der Waals surface area contributed by atoms with E-state index in [2.05, 4.69) is 40.3 Å². The normalized spacial score (nSPS) is 10.3. The van der Waals surface area contributed by atoms with Crippen LogP contribution in [0.3, 0.4) is 0 Å². The Labute approximate surface area is 152 Å². The van der Waals surface area contributed by atoms with Gasteiger partial charge >= 0.3 is 0 Å². The van der Waals surface area contributed by atoms with Crippen LogP contribution in [0.25, 0.3) is 0 Å². The fourth-order valence-electron chi connectivity index (χ4n) is 1.87. The molecule has 0 saturated carbocycles. The summed E-state index contributed by atoms with van der Waals surface area (Å²) >= 11 is 0. The van der Waals surface area contributed by atoms with E-state index >= 15 is 0 Å². The summed E-state index contributed by atoms with van der Waals surface area (Å²) < 4.78 is 0. The van der Waals surface area contributed by atoms with Crippen molar-refractivity contribution in [3.05, 3.63) is 66.5 Å². The Morgan fingerprint density at radius 2 is 1.65 bits per heavy atom. The summed E-state index contributed by atoms with van der Waals surface area (Å²) in [6, 6.07) is 6.01. The fraction of sp³-hybridized carbons (Fsp3) is 0.158. The molecule has 26 heavy (non-hydrogen) atoms. The van der Waals surface area contributed by atoms with Gasteiger partial charge in [-0.05, 0) is 30.7 Å². The molecule has 1 aromatic heterocycles.